The molecule has 0 spiro atoms. The Labute approximate surface area is 349 Å². The lowest BCUT2D eigenvalue weighted by molar-refractivity contribution is -0.148. The summed E-state index contributed by atoms with van der Waals surface area (Å²) in [6.07, 6.45) is 13.0. The first-order valence-corrected chi connectivity index (χ1v) is 22.0. The minimum Gasteiger partial charge on any atom is -0.469 e. The number of hydrogen-bond donors (Lipinski definition) is 0. The van der Waals surface area contributed by atoms with E-state index in [2.05, 4.69) is 42.6 Å². The van der Waals surface area contributed by atoms with Gasteiger partial charge in [-0.2, -0.15) is 0 Å². The van der Waals surface area contributed by atoms with E-state index >= 15 is 0 Å². The highest BCUT2D eigenvalue weighted by Gasteiger charge is 2.43. The molecule has 4 aliphatic heterocycles. The number of amides is 2. The Kier molecular flexibility index (Phi) is 11.8. The standard InChI is InChI=1S/C49H60N4O6/c1-28(2)38(24-44(54)58-5)48(56)52-19-7-9-42(52)40-22-34(26-50-40)30-11-13-31(14-12-30)36-17-18-37(47-33-16-15-32(21-33)46(36)47)35-23-41(51-27-35)43-10-8-20-53(43)49(57)39(29(3)4)25-45(55)59-6/h11-14,17-18,26-29,32-33,38-39,42-43H,7-10,15-16,19-25H2,1-6H3/t32?,33?,38-,39+,42-,43-/m0/s1. The Bertz CT molecular complexity index is 2130. The summed E-state index contributed by atoms with van der Waals surface area (Å²) in [5.41, 5.74) is 12.5. The van der Waals surface area contributed by atoms with Crippen LogP contribution < -0.4 is 0 Å². The molecule has 10 nitrogen and oxygen atoms in total. The van der Waals surface area contributed by atoms with Gasteiger partial charge in [-0.05, 0) is 113 Å². The summed E-state index contributed by atoms with van der Waals surface area (Å²) in [5, 5.41) is 0. The molecule has 2 saturated heterocycles. The van der Waals surface area contributed by atoms with Gasteiger partial charge in [-0.25, -0.2) is 0 Å². The number of hydrogen-bond acceptors (Lipinski definition) is 8. The van der Waals surface area contributed by atoms with Crippen molar-refractivity contribution in [3.8, 4) is 11.1 Å². The molecule has 6 aliphatic rings. The second-order valence-corrected chi connectivity index (χ2v) is 18.3. The van der Waals surface area contributed by atoms with E-state index in [-0.39, 0.29) is 60.5 Å². The third-order valence-corrected chi connectivity index (χ3v) is 14.3. The van der Waals surface area contributed by atoms with Gasteiger partial charge in [0.25, 0.3) is 0 Å². The van der Waals surface area contributed by atoms with E-state index in [1.165, 1.54) is 66.9 Å². The number of rotatable bonds is 13. The maximum Gasteiger partial charge on any atom is 0.306 e. The first kappa shape index (κ1) is 40.9. The number of ether oxygens (including phenoxy) is 2. The molecule has 2 amide bonds. The molecule has 3 fully saturated rings. The lowest BCUT2D eigenvalue weighted by Gasteiger charge is -2.30. The lowest BCUT2D eigenvalue weighted by atomic mass is 9.80. The Morgan fingerprint density at radius 1 is 0.627 bits per heavy atom. The first-order chi connectivity index (χ1) is 28.5. The van der Waals surface area contributed by atoms with E-state index in [1.54, 1.807) is 0 Å². The van der Waals surface area contributed by atoms with Crippen molar-refractivity contribution in [2.24, 2.45) is 33.7 Å². The van der Waals surface area contributed by atoms with Crippen LogP contribution in [0.3, 0.4) is 0 Å². The van der Waals surface area contributed by atoms with Crippen LogP contribution in [0, 0.1) is 23.7 Å². The van der Waals surface area contributed by atoms with Crippen LogP contribution in [-0.4, -0.2) is 84.4 Å². The van der Waals surface area contributed by atoms with Gasteiger partial charge in [0.1, 0.15) is 0 Å². The van der Waals surface area contributed by atoms with E-state index in [1.807, 2.05) is 43.7 Å². The fourth-order valence-corrected chi connectivity index (χ4v) is 11.0. The molecule has 1 saturated carbocycles. The number of aliphatic imine (C=N–C) groups is 2. The predicted molar refractivity (Wildman–Crippen MR) is 231 cm³/mol. The largest absolute Gasteiger partial charge is 0.469 e. The molecule has 8 rings (SSSR count). The molecular formula is C49H60N4O6. The zero-order valence-corrected chi connectivity index (χ0v) is 35.7. The highest BCUT2D eigenvalue weighted by atomic mass is 16.5. The normalized spacial score (nSPS) is 24.3. The monoisotopic (exact) mass is 800 g/mol. The van der Waals surface area contributed by atoms with Crippen molar-refractivity contribution in [1.29, 1.82) is 0 Å². The number of methoxy groups -OCH3 is 2. The van der Waals surface area contributed by atoms with Crippen LogP contribution in [-0.2, 0) is 28.7 Å². The van der Waals surface area contributed by atoms with Gasteiger partial charge in [-0.3, -0.25) is 29.2 Å². The molecular weight excluding hydrogens is 741 g/mol. The molecule has 2 bridgehead atoms. The average molecular weight is 801 g/mol. The molecule has 10 heteroatoms. The predicted octanol–water partition coefficient (Wildman–Crippen LogP) is 8.74. The number of carbonyl (C=O) groups is 4. The summed E-state index contributed by atoms with van der Waals surface area (Å²) in [6, 6.07) is 13.5. The minimum absolute atomic E-state index is 0.0265. The highest BCUT2D eigenvalue weighted by molar-refractivity contribution is 6.05. The molecule has 4 heterocycles. The number of allylic oxidation sites excluding steroid dienone is 2. The Balaban J connectivity index is 0.953. The Morgan fingerprint density at radius 3 is 1.59 bits per heavy atom. The molecule has 0 radical (unpaired) electrons. The molecule has 0 N–H and O–H groups in total. The van der Waals surface area contributed by atoms with Gasteiger partial charge in [0.05, 0.1) is 51.0 Å². The molecule has 2 unspecified atom stereocenters. The summed E-state index contributed by atoms with van der Waals surface area (Å²) in [6.45, 7) is 9.38. The number of benzene rings is 2. The number of fused-ring (bicyclic) bond motifs is 5. The number of likely N-dealkylation sites (tertiary alicyclic amines) is 2. The fourth-order valence-electron chi connectivity index (χ4n) is 11.0. The third kappa shape index (κ3) is 7.84. The summed E-state index contributed by atoms with van der Waals surface area (Å²) in [5.74, 6) is -0.243. The van der Waals surface area contributed by atoms with E-state index in [9.17, 15) is 19.2 Å². The summed E-state index contributed by atoms with van der Waals surface area (Å²) in [4.78, 5) is 65.8. The number of nitrogens with zero attached hydrogens (tertiary/aromatic N) is 4. The molecule has 2 aromatic rings. The van der Waals surface area contributed by atoms with Gasteiger partial charge in [-0.15, -0.1) is 0 Å². The van der Waals surface area contributed by atoms with Gasteiger partial charge in [-0.1, -0.05) is 64.1 Å². The third-order valence-electron chi connectivity index (χ3n) is 14.3. The van der Waals surface area contributed by atoms with Crippen molar-refractivity contribution in [1.82, 2.24) is 9.80 Å². The van der Waals surface area contributed by atoms with Gasteiger partial charge < -0.3 is 19.3 Å². The fraction of sp³-hybridized carbons (Fsp3) is 0.551. The summed E-state index contributed by atoms with van der Waals surface area (Å²) < 4.78 is 9.85. The van der Waals surface area contributed by atoms with Crippen molar-refractivity contribution in [2.75, 3.05) is 27.3 Å². The second-order valence-electron chi connectivity index (χ2n) is 18.3. The Morgan fingerprint density at radius 2 is 1.08 bits per heavy atom. The van der Waals surface area contributed by atoms with Crippen LogP contribution in [0.4, 0.5) is 0 Å². The molecule has 2 aromatic carbocycles. The zero-order valence-electron chi connectivity index (χ0n) is 35.7. The number of esters is 2. The van der Waals surface area contributed by atoms with E-state index < -0.39 is 11.8 Å². The maximum absolute atomic E-state index is 13.9. The zero-order chi connectivity index (χ0) is 41.5. The van der Waals surface area contributed by atoms with Crippen LogP contribution in [0.5, 0.6) is 0 Å². The smallest absolute Gasteiger partial charge is 0.306 e. The van der Waals surface area contributed by atoms with Crippen LogP contribution in [0.15, 0.2) is 58.8 Å². The SMILES string of the molecule is COC(=O)C[C@H](C(=O)N1CCC[C@H]1C1=NC=C(c2ccc(-c3ccc(C4=CN=C([C@@H]5CCCN5C(=O)[C@H](CC(=O)OC)C(C)C)C4)c4c3C3CCC4C3)cc2)C1)C(C)C. The van der Waals surface area contributed by atoms with Crippen LogP contribution in [0.1, 0.15) is 132 Å². The van der Waals surface area contributed by atoms with Crippen molar-refractivity contribution in [3.63, 3.8) is 0 Å². The summed E-state index contributed by atoms with van der Waals surface area (Å²) >= 11 is 0. The van der Waals surface area contributed by atoms with Crippen LogP contribution in [0.2, 0.25) is 0 Å². The van der Waals surface area contributed by atoms with E-state index in [0.29, 0.717) is 31.3 Å². The lowest BCUT2D eigenvalue weighted by Crippen LogP contribution is -2.45. The maximum atomic E-state index is 13.9. The topological polar surface area (TPSA) is 118 Å². The van der Waals surface area contributed by atoms with Crippen molar-refractivity contribution < 1.29 is 28.7 Å². The van der Waals surface area contributed by atoms with Crippen molar-refractivity contribution in [3.05, 3.63) is 71.1 Å². The minimum atomic E-state index is -0.402. The van der Waals surface area contributed by atoms with Gasteiger partial charge in [0.2, 0.25) is 11.8 Å². The highest BCUT2D eigenvalue weighted by Crippen LogP contribution is 2.58. The average Bonchev–Trinajstić information content (AvgIpc) is 4.10. The molecule has 59 heavy (non-hydrogen) atoms. The molecule has 2 aliphatic carbocycles. The second kappa shape index (κ2) is 17.0. The first-order valence-electron chi connectivity index (χ1n) is 22.0. The Hall–Kier alpha value is -4.86. The molecule has 312 valence electrons. The van der Waals surface area contributed by atoms with Gasteiger partial charge >= 0.3 is 11.9 Å². The van der Waals surface area contributed by atoms with Crippen molar-refractivity contribution in [2.45, 2.75) is 122 Å². The molecule has 6 atom stereocenters. The van der Waals surface area contributed by atoms with Gasteiger partial charge in [0.15, 0.2) is 0 Å². The van der Waals surface area contributed by atoms with E-state index in [4.69, 9.17) is 19.5 Å². The van der Waals surface area contributed by atoms with Crippen LogP contribution in [0.25, 0.3) is 22.3 Å². The number of carbonyl (C=O) groups excluding carboxylic acids is 4. The van der Waals surface area contributed by atoms with Gasteiger partial charge in [0, 0.05) is 49.8 Å². The summed E-state index contributed by atoms with van der Waals surface area (Å²) in [7, 11) is 2.76. The van der Waals surface area contributed by atoms with Crippen LogP contribution >= 0.6 is 0 Å². The molecule has 0 aromatic heterocycles. The van der Waals surface area contributed by atoms with E-state index in [0.717, 1.165) is 54.7 Å². The van der Waals surface area contributed by atoms with Crippen molar-refractivity contribution >= 4 is 46.3 Å². The quantitative estimate of drug-likeness (QED) is 0.187.